The van der Waals surface area contributed by atoms with E-state index in [0.29, 0.717) is 6.54 Å². The van der Waals surface area contributed by atoms with Gasteiger partial charge in [0.15, 0.2) is 0 Å². The molecular weight excluding hydrogens is 250 g/mol. The van der Waals surface area contributed by atoms with Gasteiger partial charge in [0, 0.05) is 11.9 Å². The highest BCUT2D eigenvalue weighted by Gasteiger charge is 2.02. The van der Waals surface area contributed by atoms with Gasteiger partial charge in [-0.25, -0.2) is 9.97 Å². The van der Waals surface area contributed by atoms with Crippen LogP contribution in [0.4, 0.5) is 5.82 Å². The Morgan fingerprint density at radius 1 is 0.950 bits per heavy atom. The lowest BCUT2D eigenvalue weighted by Crippen LogP contribution is -2.03. The van der Waals surface area contributed by atoms with Crippen LogP contribution in [-0.4, -0.2) is 15.1 Å². The Kier molecular flexibility index (Phi) is 3.56. The molecule has 0 saturated carbocycles. The first-order chi connectivity index (χ1) is 9.86. The number of nitrogens with one attached hydrogen (secondary N) is 1. The maximum Gasteiger partial charge on any atom is 0.137 e. The second-order valence-corrected chi connectivity index (χ2v) is 4.57. The molecule has 0 unspecified atom stereocenters. The molecule has 0 atom stereocenters. The third kappa shape index (κ3) is 2.60. The number of nitrogens with zero attached hydrogens (tertiary/aromatic N) is 2. The summed E-state index contributed by atoms with van der Waals surface area (Å²) >= 11 is 0. The molecule has 0 aliphatic heterocycles. The number of aromatic nitrogens is 2. The molecular formula is C16H15N3O. The van der Waals surface area contributed by atoms with Crippen LogP contribution in [0.2, 0.25) is 0 Å². The van der Waals surface area contributed by atoms with Gasteiger partial charge in [0.25, 0.3) is 0 Å². The predicted molar refractivity (Wildman–Crippen MR) is 79.2 cm³/mol. The van der Waals surface area contributed by atoms with Crippen molar-refractivity contribution in [1.29, 1.82) is 0 Å². The van der Waals surface area contributed by atoms with E-state index in [-0.39, 0.29) is 6.61 Å². The molecule has 0 radical (unpaired) electrons. The average molecular weight is 265 g/mol. The van der Waals surface area contributed by atoms with E-state index >= 15 is 0 Å². The molecule has 0 aliphatic rings. The Morgan fingerprint density at radius 2 is 1.80 bits per heavy atom. The molecule has 3 aromatic rings. The van der Waals surface area contributed by atoms with Crippen LogP contribution in [0, 0.1) is 0 Å². The molecule has 100 valence electrons. The van der Waals surface area contributed by atoms with Crippen molar-refractivity contribution in [2.24, 2.45) is 0 Å². The molecule has 3 rings (SSSR count). The molecule has 0 fully saturated rings. The smallest absolute Gasteiger partial charge is 0.137 e. The highest BCUT2D eigenvalue weighted by molar-refractivity contribution is 5.88. The zero-order valence-electron chi connectivity index (χ0n) is 11.0. The van der Waals surface area contributed by atoms with Gasteiger partial charge in [-0.2, -0.15) is 0 Å². The van der Waals surface area contributed by atoms with Crippen LogP contribution in [-0.2, 0) is 13.2 Å². The first-order valence-electron chi connectivity index (χ1n) is 6.49. The van der Waals surface area contributed by atoms with Crippen molar-refractivity contribution in [2.75, 3.05) is 5.32 Å². The monoisotopic (exact) mass is 265 g/mol. The van der Waals surface area contributed by atoms with Crippen molar-refractivity contribution < 1.29 is 5.11 Å². The molecule has 20 heavy (non-hydrogen) atoms. The van der Waals surface area contributed by atoms with Crippen molar-refractivity contribution in [3.8, 4) is 0 Å². The number of fused-ring (bicyclic) bond motifs is 1. The van der Waals surface area contributed by atoms with E-state index in [4.69, 9.17) is 5.11 Å². The minimum Gasteiger partial charge on any atom is -0.392 e. The maximum absolute atomic E-state index is 9.15. The Labute approximate surface area is 117 Å². The van der Waals surface area contributed by atoms with Gasteiger partial charge in [-0.15, -0.1) is 0 Å². The number of hydrogen-bond donors (Lipinski definition) is 2. The van der Waals surface area contributed by atoms with Crippen LogP contribution in [0.1, 0.15) is 11.1 Å². The highest BCUT2D eigenvalue weighted by Crippen LogP contribution is 2.19. The fraction of sp³-hybridized carbons (Fsp3) is 0.125. The van der Waals surface area contributed by atoms with Crippen LogP contribution in [0.5, 0.6) is 0 Å². The van der Waals surface area contributed by atoms with Crippen molar-refractivity contribution >= 4 is 16.7 Å². The summed E-state index contributed by atoms with van der Waals surface area (Å²) in [7, 11) is 0. The molecule has 0 saturated heterocycles. The fourth-order valence-corrected chi connectivity index (χ4v) is 2.17. The summed E-state index contributed by atoms with van der Waals surface area (Å²) in [5.41, 5.74) is 2.95. The van der Waals surface area contributed by atoms with E-state index in [0.717, 1.165) is 27.8 Å². The van der Waals surface area contributed by atoms with E-state index in [1.54, 1.807) is 6.33 Å². The van der Waals surface area contributed by atoms with Crippen LogP contribution in [0.3, 0.4) is 0 Å². The van der Waals surface area contributed by atoms with Gasteiger partial charge >= 0.3 is 0 Å². The quantitative estimate of drug-likeness (QED) is 0.761. The second kappa shape index (κ2) is 5.67. The van der Waals surface area contributed by atoms with Crippen LogP contribution >= 0.6 is 0 Å². The highest BCUT2D eigenvalue weighted by atomic mass is 16.3. The Morgan fingerprint density at radius 3 is 2.70 bits per heavy atom. The molecule has 2 N–H and O–H groups in total. The lowest BCUT2D eigenvalue weighted by molar-refractivity contribution is 0.281. The maximum atomic E-state index is 9.15. The Balaban J connectivity index is 1.83. The van der Waals surface area contributed by atoms with Gasteiger partial charge in [-0.3, -0.25) is 0 Å². The minimum absolute atomic E-state index is 0.0598. The summed E-state index contributed by atoms with van der Waals surface area (Å²) in [6, 6.07) is 15.8. The number of para-hydroxylation sites is 1. The zero-order chi connectivity index (χ0) is 13.8. The van der Waals surface area contributed by atoms with Gasteiger partial charge < -0.3 is 10.4 Å². The number of hydrogen-bond acceptors (Lipinski definition) is 4. The number of anilines is 1. The number of aliphatic hydroxyl groups excluding tert-OH is 1. The largest absolute Gasteiger partial charge is 0.392 e. The Bertz CT molecular complexity index is 722. The zero-order valence-corrected chi connectivity index (χ0v) is 11.0. The van der Waals surface area contributed by atoms with Crippen LogP contribution in [0.25, 0.3) is 10.9 Å². The van der Waals surface area contributed by atoms with Crippen molar-refractivity contribution in [1.82, 2.24) is 9.97 Å². The van der Waals surface area contributed by atoms with Gasteiger partial charge in [0.1, 0.15) is 12.1 Å². The topological polar surface area (TPSA) is 58.0 Å². The lowest BCUT2D eigenvalue weighted by Gasteiger charge is -2.09. The molecule has 4 heteroatoms. The molecule has 1 heterocycles. The van der Waals surface area contributed by atoms with Crippen LogP contribution in [0.15, 0.2) is 54.9 Å². The molecule has 0 amide bonds. The van der Waals surface area contributed by atoms with E-state index in [2.05, 4.69) is 15.3 Å². The fourth-order valence-electron chi connectivity index (χ4n) is 2.17. The first-order valence-corrected chi connectivity index (χ1v) is 6.49. The van der Waals surface area contributed by atoms with Crippen LogP contribution < -0.4 is 5.32 Å². The van der Waals surface area contributed by atoms with Crippen molar-refractivity contribution in [3.05, 3.63) is 66.0 Å². The van der Waals surface area contributed by atoms with E-state index in [1.807, 2.05) is 48.5 Å². The predicted octanol–water partition coefficient (Wildman–Crippen LogP) is 2.73. The number of benzene rings is 2. The SMILES string of the molecule is OCc1cccc(CNc2ncnc3ccccc23)c1. The first kappa shape index (κ1) is 12.6. The summed E-state index contributed by atoms with van der Waals surface area (Å²) in [5, 5.41) is 13.5. The Hall–Kier alpha value is -2.46. The summed E-state index contributed by atoms with van der Waals surface area (Å²) < 4.78 is 0. The van der Waals surface area contributed by atoms with Gasteiger partial charge in [0.2, 0.25) is 0 Å². The summed E-state index contributed by atoms with van der Waals surface area (Å²) in [6.45, 7) is 0.721. The normalized spacial score (nSPS) is 10.7. The lowest BCUT2D eigenvalue weighted by atomic mass is 10.1. The second-order valence-electron chi connectivity index (χ2n) is 4.57. The molecule has 4 nitrogen and oxygen atoms in total. The van der Waals surface area contributed by atoms with E-state index in [1.165, 1.54) is 0 Å². The van der Waals surface area contributed by atoms with E-state index < -0.39 is 0 Å². The number of rotatable bonds is 4. The molecule has 2 aromatic carbocycles. The molecule has 0 aliphatic carbocycles. The molecule has 0 spiro atoms. The van der Waals surface area contributed by atoms with Gasteiger partial charge in [-0.1, -0.05) is 36.4 Å². The van der Waals surface area contributed by atoms with Gasteiger partial charge in [-0.05, 0) is 23.3 Å². The summed E-state index contributed by atoms with van der Waals surface area (Å²) in [5.74, 6) is 0.824. The minimum atomic E-state index is 0.0598. The van der Waals surface area contributed by atoms with Gasteiger partial charge in [0.05, 0.1) is 12.1 Å². The standard InChI is InChI=1S/C16H15N3O/c20-10-13-5-3-4-12(8-13)9-17-16-14-6-1-2-7-15(14)18-11-19-16/h1-8,11,20H,9-10H2,(H,17,18,19). The van der Waals surface area contributed by atoms with E-state index in [9.17, 15) is 0 Å². The third-order valence-electron chi connectivity index (χ3n) is 3.18. The summed E-state index contributed by atoms with van der Waals surface area (Å²) in [6.07, 6.45) is 1.56. The van der Waals surface area contributed by atoms with Crippen molar-refractivity contribution in [3.63, 3.8) is 0 Å². The molecule has 0 bridgehead atoms. The van der Waals surface area contributed by atoms with Crippen molar-refractivity contribution in [2.45, 2.75) is 13.2 Å². The average Bonchev–Trinajstić information content (AvgIpc) is 2.53. The number of aliphatic hydroxyl groups is 1. The molecule has 1 aromatic heterocycles. The summed E-state index contributed by atoms with van der Waals surface area (Å²) in [4.78, 5) is 8.53. The third-order valence-corrected chi connectivity index (χ3v) is 3.18.